The molecule has 0 bridgehead atoms. The highest BCUT2D eigenvalue weighted by atomic mass is 32.1. The average Bonchev–Trinajstić information content (AvgIpc) is 3.42. The van der Waals surface area contributed by atoms with E-state index in [9.17, 15) is 9.18 Å². The fourth-order valence-corrected chi connectivity index (χ4v) is 4.52. The monoisotopic (exact) mass is 413 g/mol. The molecule has 0 radical (unpaired) electrons. The SMILES string of the molecule is O=C(Cc1csc(-c2cccc(F)c2)n1)NCC(c1ccco1)N1CCCCC1. The summed E-state index contributed by atoms with van der Waals surface area (Å²) >= 11 is 1.42. The van der Waals surface area contributed by atoms with E-state index >= 15 is 0 Å². The van der Waals surface area contributed by atoms with Crippen LogP contribution in [0, 0.1) is 5.82 Å². The van der Waals surface area contributed by atoms with Crippen LogP contribution >= 0.6 is 11.3 Å². The van der Waals surface area contributed by atoms with E-state index in [4.69, 9.17) is 4.42 Å². The number of furan rings is 1. The number of carbonyl (C=O) groups excluding carboxylic acids is 1. The smallest absolute Gasteiger partial charge is 0.226 e. The molecule has 1 N–H and O–H groups in total. The number of nitrogens with zero attached hydrogens (tertiary/aromatic N) is 2. The first kappa shape index (κ1) is 19.8. The minimum Gasteiger partial charge on any atom is -0.468 e. The minimum absolute atomic E-state index is 0.0486. The van der Waals surface area contributed by atoms with Gasteiger partial charge in [0.2, 0.25) is 5.91 Å². The van der Waals surface area contributed by atoms with Crippen LogP contribution < -0.4 is 5.32 Å². The maximum absolute atomic E-state index is 13.4. The summed E-state index contributed by atoms with van der Waals surface area (Å²) in [7, 11) is 0. The van der Waals surface area contributed by atoms with Gasteiger partial charge >= 0.3 is 0 Å². The van der Waals surface area contributed by atoms with Crippen molar-refractivity contribution in [3.05, 3.63) is 65.3 Å². The predicted molar refractivity (Wildman–Crippen MR) is 111 cm³/mol. The number of benzene rings is 1. The molecule has 0 aliphatic carbocycles. The Balaban J connectivity index is 1.36. The van der Waals surface area contributed by atoms with Gasteiger partial charge in [0, 0.05) is 17.5 Å². The highest BCUT2D eigenvalue weighted by Crippen LogP contribution is 2.26. The van der Waals surface area contributed by atoms with Crippen molar-refractivity contribution in [2.45, 2.75) is 31.7 Å². The molecule has 1 fully saturated rings. The molecule has 1 aliphatic heterocycles. The summed E-state index contributed by atoms with van der Waals surface area (Å²) in [6.45, 7) is 2.54. The Bertz CT molecular complexity index is 935. The molecular weight excluding hydrogens is 389 g/mol. The number of carbonyl (C=O) groups is 1. The molecule has 5 nitrogen and oxygen atoms in total. The van der Waals surface area contributed by atoms with Gasteiger partial charge in [0.1, 0.15) is 16.6 Å². The van der Waals surface area contributed by atoms with E-state index in [0.29, 0.717) is 17.2 Å². The normalized spacial score (nSPS) is 15.9. The molecule has 1 aliphatic rings. The largest absolute Gasteiger partial charge is 0.468 e. The van der Waals surface area contributed by atoms with Crippen molar-refractivity contribution in [1.29, 1.82) is 0 Å². The summed E-state index contributed by atoms with van der Waals surface area (Å²) in [5.41, 5.74) is 1.42. The van der Waals surface area contributed by atoms with E-state index < -0.39 is 0 Å². The standard InChI is InChI=1S/C22H24FN3O2S/c23-17-7-4-6-16(12-17)22-25-18(15-29-22)13-21(27)24-14-19(20-8-5-11-28-20)26-9-2-1-3-10-26/h4-8,11-12,15,19H,1-3,9-10,13-14H2,(H,24,27). The van der Waals surface area contributed by atoms with Crippen molar-refractivity contribution >= 4 is 17.2 Å². The zero-order chi connectivity index (χ0) is 20.1. The van der Waals surface area contributed by atoms with Crippen LogP contribution in [0.2, 0.25) is 0 Å². The first-order valence-corrected chi connectivity index (χ1v) is 10.8. The van der Waals surface area contributed by atoms with Gasteiger partial charge in [-0.25, -0.2) is 9.37 Å². The number of nitrogens with one attached hydrogen (secondary N) is 1. The Morgan fingerprint density at radius 3 is 2.86 bits per heavy atom. The molecule has 2 aromatic heterocycles. The van der Waals surface area contributed by atoms with Crippen LogP contribution in [-0.2, 0) is 11.2 Å². The number of thiazole rings is 1. The topological polar surface area (TPSA) is 58.4 Å². The second-order valence-electron chi connectivity index (χ2n) is 7.26. The van der Waals surface area contributed by atoms with E-state index in [2.05, 4.69) is 15.2 Å². The Morgan fingerprint density at radius 1 is 1.24 bits per heavy atom. The number of hydrogen-bond acceptors (Lipinski definition) is 5. The maximum Gasteiger partial charge on any atom is 0.226 e. The van der Waals surface area contributed by atoms with Crippen LogP contribution in [0.4, 0.5) is 4.39 Å². The molecule has 1 atom stereocenters. The van der Waals surface area contributed by atoms with E-state index in [1.54, 1.807) is 12.3 Å². The molecule has 1 amide bonds. The lowest BCUT2D eigenvalue weighted by Crippen LogP contribution is -2.40. The van der Waals surface area contributed by atoms with Gasteiger partial charge in [-0.3, -0.25) is 9.69 Å². The van der Waals surface area contributed by atoms with Crippen LogP contribution in [0.1, 0.15) is 36.8 Å². The molecule has 7 heteroatoms. The highest BCUT2D eigenvalue weighted by molar-refractivity contribution is 7.13. The summed E-state index contributed by atoms with van der Waals surface area (Å²) < 4.78 is 19.0. The molecule has 1 aromatic carbocycles. The average molecular weight is 414 g/mol. The summed E-state index contributed by atoms with van der Waals surface area (Å²) in [4.78, 5) is 19.4. The van der Waals surface area contributed by atoms with E-state index in [0.717, 1.165) is 24.4 Å². The number of aromatic nitrogens is 1. The van der Waals surface area contributed by atoms with Crippen molar-refractivity contribution in [1.82, 2.24) is 15.2 Å². The summed E-state index contributed by atoms with van der Waals surface area (Å²) in [5, 5.41) is 5.61. The quantitative estimate of drug-likeness (QED) is 0.623. The van der Waals surface area contributed by atoms with Gasteiger partial charge in [0.05, 0.1) is 24.4 Å². The van der Waals surface area contributed by atoms with Crippen molar-refractivity contribution < 1.29 is 13.6 Å². The third-order valence-electron chi connectivity index (χ3n) is 5.16. The molecule has 3 heterocycles. The summed E-state index contributed by atoms with van der Waals surface area (Å²) in [5.74, 6) is 0.516. The summed E-state index contributed by atoms with van der Waals surface area (Å²) in [6.07, 6.45) is 5.49. The summed E-state index contributed by atoms with van der Waals surface area (Å²) in [6, 6.07) is 10.2. The lowest BCUT2D eigenvalue weighted by atomic mass is 10.1. The molecule has 29 heavy (non-hydrogen) atoms. The number of likely N-dealkylation sites (tertiary alicyclic amines) is 1. The Labute approximate surface area is 173 Å². The molecular formula is C22H24FN3O2S. The Kier molecular flexibility index (Phi) is 6.36. The fourth-order valence-electron chi connectivity index (χ4n) is 3.70. The van der Waals surface area contributed by atoms with Crippen LogP contribution in [0.3, 0.4) is 0 Å². The number of halogens is 1. The van der Waals surface area contributed by atoms with E-state index in [1.165, 1.54) is 42.7 Å². The van der Waals surface area contributed by atoms with E-state index in [-0.39, 0.29) is 24.2 Å². The molecule has 4 rings (SSSR count). The first-order valence-electron chi connectivity index (χ1n) is 9.93. The third kappa shape index (κ3) is 5.10. The molecule has 152 valence electrons. The molecule has 0 spiro atoms. The molecule has 1 saturated heterocycles. The van der Waals surface area contributed by atoms with Crippen molar-refractivity contribution in [2.75, 3.05) is 19.6 Å². The van der Waals surface area contributed by atoms with Crippen LogP contribution in [-0.4, -0.2) is 35.4 Å². The second-order valence-corrected chi connectivity index (χ2v) is 8.12. The van der Waals surface area contributed by atoms with Gasteiger partial charge in [0.25, 0.3) is 0 Å². The second kappa shape index (κ2) is 9.33. The number of piperidine rings is 1. The Morgan fingerprint density at radius 2 is 2.10 bits per heavy atom. The molecule has 3 aromatic rings. The minimum atomic E-state index is -0.293. The zero-order valence-corrected chi connectivity index (χ0v) is 17.0. The zero-order valence-electron chi connectivity index (χ0n) is 16.1. The van der Waals surface area contributed by atoms with Gasteiger partial charge in [-0.05, 0) is 50.2 Å². The molecule has 1 unspecified atom stereocenters. The first-order chi connectivity index (χ1) is 14.2. The van der Waals surface area contributed by atoms with Gasteiger partial charge in [0.15, 0.2) is 0 Å². The third-order valence-corrected chi connectivity index (χ3v) is 6.10. The van der Waals surface area contributed by atoms with Gasteiger partial charge in [-0.15, -0.1) is 11.3 Å². The number of rotatable bonds is 7. The Hall–Kier alpha value is -2.51. The van der Waals surface area contributed by atoms with Crippen molar-refractivity contribution in [3.8, 4) is 10.6 Å². The fraction of sp³-hybridized carbons (Fsp3) is 0.364. The number of amides is 1. The lowest BCUT2D eigenvalue weighted by Gasteiger charge is -2.33. The van der Waals surface area contributed by atoms with Crippen LogP contribution in [0.15, 0.2) is 52.5 Å². The predicted octanol–water partition coefficient (Wildman–Crippen LogP) is 4.43. The van der Waals surface area contributed by atoms with Crippen molar-refractivity contribution in [2.24, 2.45) is 0 Å². The van der Waals surface area contributed by atoms with Gasteiger partial charge < -0.3 is 9.73 Å². The highest BCUT2D eigenvalue weighted by Gasteiger charge is 2.25. The van der Waals surface area contributed by atoms with Crippen molar-refractivity contribution in [3.63, 3.8) is 0 Å². The molecule has 0 saturated carbocycles. The number of hydrogen-bond donors (Lipinski definition) is 1. The maximum atomic E-state index is 13.4. The van der Waals surface area contributed by atoms with E-state index in [1.807, 2.05) is 23.6 Å². The lowest BCUT2D eigenvalue weighted by molar-refractivity contribution is -0.120. The van der Waals surface area contributed by atoms with Gasteiger partial charge in [-0.2, -0.15) is 0 Å². The van der Waals surface area contributed by atoms with Crippen LogP contribution in [0.5, 0.6) is 0 Å². The van der Waals surface area contributed by atoms with Crippen LogP contribution in [0.25, 0.3) is 10.6 Å². The van der Waals surface area contributed by atoms with Gasteiger partial charge in [-0.1, -0.05) is 18.6 Å².